The molecule has 0 spiro atoms. The first kappa shape index (κ1) is 11.6. The minimum atomic E-state index is -0.287. The van der Waals surface area contributed by atoms with Crippen molar-refractivity contribution in [1.29, 1.82) is 0 Å². The Morgan fingerprint density at radius 2 is 2.12 bits per heavy atom. The van der Waals surface area contributed by atoms with Gasteiger partial charge in [0.25, 0.3) is 5.91 Å². The summed E-state index contributed by atoms with van der Waals surface area (Å²) in [4.78, 5) is 25.6. The van der Waals surface area contributed by atoms with E-state index >= 15 is 0 Å². The lowest BCUT2D eigenvalue weighted by Gasteiger charge is -2.25. The van der Waals surface area contributed by atoms with Gasteiger partial charge >= 0.3 is 0 Å². The number of likely N-dealkylation sites (tertiary alicyclic amines) is 1. The van der Waals surface area contributed by atoms with Crippen molar-refractivity contribution in [3.8, 4) is 0 Å². The van der Waals surface area contributed by atoms with Crippen LogP contribution in [0.5, 0.6) is 0 Å². The minimum Gasteiger partial charge on any atom is -0.368 e. The van der Waals surface area contributed by atoms with Gasteiger partial charge in [-0.15, -0.1) is 0 Å². The van der Waals surface area contributed by atoms with E-state index in [1.807, 2.05) is 6.92 Å². The monoisotopic (exact) mass is 225 g/mol. The molecule has 0 bridgehead atoms. The van der Waals surface area contributed by atoms with Crippen molar-refractivity contribution in [3.63, 3.8) is 0 Å². The second kappa shape index (κ2) is 4.95. The zero-order valence-electron chi connectivity index (χ0n) is 9.78. The lowest BCUT2D eigenvalue weighted by atomic mass is 10.1. The van der Waals surface area contributed by atoms with Crippen molar-refractivity contribution in [2.45, 2.75) is 51.2 Å². The van der Waals surface area contributed by atoms with E-state index in [2.05, 4.69) is 0 Å². The molecule has 2 rings (SSSR count). The molecule has 2 aliphatic heterocycles. The summed E-state index contributed by atoms with van der Waals surface area (Å²) in [6.45, 7) is 3.25. The van der Waals surface area contributed by atoms with Crippen LogP contribution in [0.4, 0.5) is 0 Å². The van der Waals surface area contributed by atoms with Crippen molar-refractivity contribution >= 4 is 11.7 Å². The second-order valence-corrected chi connectivity index (χ2v) is 4.51. The fraction of sp³-hybridized carbons (Fsp3) is 0.833. The third kappa shape index (κ3) is 2.12. The largest absolute Gasteiger partial charge is 0.368 e. The molecule has 0 aliphatic carbocycles. The molecule has 2 heterocycles. The van der Waals surface area contributed by atoms with Crippen LogP contribution in [0.25, 0.3) is 0 Å². The molecule has 2 fully saturated rings. The summed E-state index contributed by atoms with van der Waals surface area (Å²) in [5.41, 5.74) is 0. The molecule has 0 aromatic heterocycles. The van der Waals surface area contributed by atoms with Gasteiger partial charge in [-0.25, -0.2) is 0 Å². The maximum absolute atomic E-state index is 12.1. The highest BCUT2D eigenvalue weighted by Gasteiger charge is 2.37. The Balaban J connectivity index is 2.01. The summed E-state index contributed by atoms with van der Waals surface area (Å²) in [5, 5.41) is 0. The van der Waals surface area contributed by atoms with Crippen LogP contribution in [0, 0.1) is 0 Å². The molecular weight excluding hydrogens is 206 g/mol. The standard InChI is InChI=1S/C12H19NO3/c1-2-10(14)9-5-3-7-13(9)12(15)11-6-4-8-16-11/h9,11H,2-8H2,1H3/t9-,11-/m0/s1. The quantitative estimate of drug-likeness (QED) is 0.723. The number of hydrogen-bond acceptors (Lipinski definition) is 3. The van der Waals surface area contributed by atoms with Gasteiger partial charge in [0, 0.05) is 19.6 Å². The maximum atomic E-state index is 12.1. The number of Topliss-reactive ketones (excluding diaryl/α,β-unsaturated/α-hetero) is 1. The molecule has 0 saturated carbocycles. The van der Waals surface area contributed by atoms with E-state index in [1.165, 1.54) is 0 Å². The van der Waals surface area contributed by atoms with Crippen LogP contribution < -0.4 is 0 Å². The lowest BCUT2D eigenvalue weighted by molar-refractivity contribution is -0.145. The molecule has 90 valence electrons. The number of ketones is 1. The van der Waals surface area contributed by atoms with Crippen molar-refractivity contribution in [3.05, 3.63) is 0 Å². The van der Waals surface area contributed by atoms with Crippen molar-refractivity contribution in [2.75, 3.05) is 13.2 Å². The van der Waals surface area contributed by atoms with Crippen LogP contribution >= 0.6 is 0 Å². The number of ether oxygens (including phenoxy) is 1. The normalized spacial score (nSPS) is 29.7. The van der Waals surface area contributed by atoms with Gasteiger partial charge in [-0.3, -0.25) is 9.59 Å². The van der Waals surface area contributed by atoms with Crippen molar-refractivity contribution in [2.24, 2.45) is 0 Å². The van der Waals surface area contributed by atoms with Gasteiger partial charge in [0.2, 0.25) is 0 Å². The van der Waals surface area contributed by atoms with E-state index < -0.39 is 0 Å². The summed E-state index contributed by atoms with van der Waals surface area (Å²) in [7, 11) is 0. The van der Waals surface area contributed by atoms with E-state index in [-0.39, 0.29) is 23.8 Å². The first-order chi connectivity index (χ1) is 7.74. The summed E-state index contributed by atoms with van der Waals surface area (Å²) in [6, 6.07) is -0.179. The fourth-order valence-corrected chi connectivity index (χ4v) is 2.56. The first-order valence-corrected chi connectivity index (χ1v) is 6.19. The van der Waals surface area contributed by atoms with Crippen LogP contribution in [0.3, 0.4) is 0 Å². The Morgan fingerprint density at radius 3 is 2.75 bits per heavy atom. The van der Waals surface area contributed by atoms with Crippen LogP contribution in [0.15, 0.2) is 0 Å². The minimum absolute atomic E-state index is 0.0294. The van der Waals surface area contributed by atoms with Crippen molar-refractivity contribution in [1.82, 2.24) is 4.90 Å². The number of carbonyl (C=O) groups is 2. The Morgan fingerprint density at radius 1 is 1.31 bits per heavy atom. The summed E-state index contributed by atoms with van der Waals surface area (Å²) in [6.07, 6.45) is 3.75. The Bertz CT molecular complexity index is 284. The van der Waals surface area contributed by atoms with Gasteiger partial charge < -0.3 is 9.64 Å². The molecule has 16 heavy (non-hydrogen) atoms. The molecule has 2 atom stereocenters. The van der Waals surface area contributed by atoms with Crippen LogP contribution in [0.1, 0.15) is 39.0 Å². The van der Waals surface area contributed by atoms with E-state index in [0.717, 1.165) is 32.2 Å². The highest BCUT2D eigenvalue weighted by atomic mass is 16.5. The van der Waals surface area contributed by atoms with E-state index in [0.29, 0.717) is 13.0 Å². The second-order valence-electron chi connectivity index (χ2n) is 4.51. The summed E-state index contributed by atoms with van der Waals surface area (Å²) >= 11 is 0. The van der Waals surface area contributed by atoms with Gasteiger partial charge in [0.15, 0.2) is 5.78 Å². The van der Waals surface area contributed by atoms with Crippen LogP contribution in [-0.2, 0) is 14.3 Å². The van der Waals surface area contributed by atoms with Crippen LogP contribution in [-0.4, -0.2) is 41.9 Å². The predicted octanol–water partition coefficient (Wildman–Crippen LogP) is 1.14. The number of nitrogens with zero attached hydrogens (tertiary/aromatic N) is 1. The number of hydrogen-bond donors (Lipinski definition) is 0. The number of rotatable bonds is 3. The van der Waals surface area contributed by atoms with Gasteiger partial charge in [0.05, 0.1) is 6.04 Å². The summed E-state index contributed by atoms with van der Waals surface area (Å²) in [5.74, 6) is 0.214. The Hall–Kier alpha value is -0.900. The molecular formula is C12H19NO3. The zero-order valence-corrected chi connectivity index (χ0v) is 9.78. The zero-order chi connectivity index (χ0) is 11.5. The topological polar surface area (TPSA) is 46.6 Å². The molecule has 0 aromatic rings. The van der Waals surface area contributed by atoms with Crippen molar-refractivity contribution < 1.29 is 14.3 Å². The molecule has 0 N–H and O–H groups in total. The maximum Gasteiger partial charge on any atom is 0.252 e. The lowest BCUT2D eigenvalue weighted by Crippen LogP contribution is -2.45. The average Bonchev–Trinajstić information content (AvgIpc) is 2.97. The molecule has 0 radical (unpaired) electrons. The molecule has 4 nitrogen and oxygen atoms in total. The highest BCUT2D eigenvalue weighted by molar-refractivity contribution is 5.91. The SMILES string of the molecule is CCC(=O)[C@@H]1CCCN1C(=O)[C@@H]1CCCO1. The van der Waals surface area contributed by atoms with Gasteiger partial charge in [-0.2, -0.15) is 0 Å². The number of amides is 1. The molecule has 0 unspecified atom stereocenters. The first-order valence-electron chi connectivity index (χ1n) is 6.19. The number of carbonyl (C=O) groups excluding carboxylic acids is 2. The van der Waals surface area contributed by atoms with E-state index in [1.54, 1.807) is 4.90 Å². The smallest absolute Gasteiger partial charge is 0.252 e. The van der Waals surface area contributed by atoms with Gasteiger partial charge in [0.1, 0.15) is 6.10 Å². The predicted molar refractivity (Wildman–Crippen MR) is 59.0 cm³/mol. The van der Waals surface area contributed by atoms with E-state index in [9.17, 15) is 9.59 Å². The molecule has 1 amide bonds. The van der Waals surface area contributed by atoms with E-state index in [4.69, 9.17) is 4.74 Å². The third-order valence-corrected chi connectivity index (χ3v) is 3.46. The molecule has 4 heteroatoms. The summed E-state index contributed by atoms with van der Waals surface area (Å²) < 4.78 is 5.39. The van der Waals surface area contributed by atoms with Crippen LogP contribution in [0.2, 0.25) is 0 Å². The Kier molecular flexibility index (Phi) is 3.59. The third-order valence-electron chi connectivity index (χ3n) is 3.46. The molecule has 0 aromatic carbocycles. The van der Waals surface area contributed by atoms with Gasteiger partial charge in [-0.05, 0) is 25.7 Å². The molecule has 2 aliphatic rings. The highest BCUT2D eigenvalue weighted by Crippen LogP contribution is 2.23. The molecule has 2 saturated heterocycles. The average molecular weight is 225 g/mol. The Labute approximate surface area is 95.9 Å². The van der Waals surface area contributed by atoms with Gasteiger partial charge in [-0.1, -0.05) is 6.92 Å². The fourth-order valence-electron chi connectivity index (χ4n) is 2.56.